The van der Waals surface area contributed by atoms with Gasteiger partial charge in [-0.2, -0.15) is 5.10 Å². The molecule has 30 heavy (non-hydrogen) atoms. The molecular weight excluding hydrogens is 380 g/mol. The summed E-state index contributed by atoms with van der Waals surface area (Å²) in [4.78, 5) is 17.0. The van der Waals surface area contributed by atoms with Crippen molar-refractivity contribution in [3.8, 4) is 5.75 Å². The zero-order valence-electron chi connectivity index (χ0n) is 17.8. The molecule has 0 N–H and O–H groups in total. The van der Waals surface area contributed by atoms with E-state index in [-0.39, 0.29) is 5.91 Å². The molecule has 1 aromatic carbocycles. The molecule has 7 nitrogen and oxygen atoms in total. The first-order valence-electron chi connectivity index (χ1n) is 10.3. The average Bonchev–Trinajstić information content (AvgIpc) is 3.37. The minimum Gasteiger partial charge on any atom is -0.485 e. The van der Waals surface area contributed by atoms with E-state index in [0.717, 1.165) is 36.5 Å². The van der Waals surface area contributed by atoms with E-state index in [4.69, 9.17) is 9.15 Å². The normalized spacial score (nSPS) is 14.8. The van der Waals surface area contributed by atoms with Crippen LogP contribution in [0.5, 0.6) is 5.75 Å². The number of para-hydroxylation sites is 1. The summed E-state index contributed by atoms with van der Waals surface area (Å²) in [6.07, 6.45) is 3.92. The molecule has 158 valence electrons. The van der Waals surface area contributed by atoms with Crippen LogP contribution in [0, 0.1) is 13.8 Å². The molecule has 1 amide bonds. The van der Waals surface area contributed by atoms with Crippen LogP contribution in [-0.4, -0.2) is 51.7 Å². The predicted octanol–water partition coefficient (Wildman–Crippen LogP) is 3.17. The number of hydrogen-bond donors (Lipinski definition) is 0. The minimum absolute atomic E-state index is 0.0608. The Labute approximate surface area is 176 Å². The maximum atomic E-state index is 12.8. The Hall–Kier alpha value is -3.06. The monoisotopic (exact) mass is 408 g/mol. The molecule has 3 aromatic rings. The zero-order valence-corrected chi connectivity index (χ0v) is 17.8. The summed E-state index contributed by atoms with van der Waals surface area (Å²) in [5.41, 5.74) is 3.36. The number of rotatable bonds is 6. The van der Waals surface area contributed by atoms with Crippen molar-refractivity contribution in [3.05, 3.63) is 70.9 Å². The molecule has 3 heterocycles. The number of aryl methyl sites for hydroxylation is 3. The third-order valence-corrected chi connectivity index (χ3v) is 5.46. The fourth-order valence-electron chi connectivity index (χ4n) is 3.82. The molecule has 0 bridgehead atoms. The van der Waals surface area contributed by atoms with Gasteiger partial charge in [0.25, 0.3) is 5.91 Å². The SMILES string of the molecule is Cc1cccc(C)c1OCc1ccc(C(=O)N2CCN(Cc3cnn(C)c3)CC2)o1. The van der Waals surface area contributed by atoms with E-state index < -0.39 is 0 Å². The molecule has 1 aliphatic rings. The fraction of sp³-hybridized carbons (Fsp3) is 0.391. The van der Waals surface area contributed by atoms with Crippen LogP contribution in [0.3, 0.4) is 0 Å². The Bertz CT molecular complexity index is 995. The Kier molecular flexibility index (Phi) is 5.90. The molecule has 4 rings (SSSR count). The van der Waals surface area contributed by atoms with Crippen LogP contribution >= 0.6 is 0 Å². The molecule has 0 atom stereocenters. The third-order valence-electron chi connectivity index (χ3n) is 5.46. The molecule has 1 aliphatic heterocycles. The van der Waals surface area contributed by atoms with Gasteiger partial charge in [-0.1, -0.05) is 18.2 Å². The second-order valence-corrected chi connectivity index (χ2v) is 7.87. The smallest absolute Gasteiger partial charge is 0.289 e. The number of aromatic nitrogens is 2. The highest BCUT2D eigenvalue weighted by atomic mass is 16.5. The van der Waals surface area contributed by atoms with Gasteiger partial charge in [0.1, 0.15) is 18.1 Å². The molecular formula is C23H28N4O3. The van der Waals surface area contributed by atoms with Crippen molar-refractivity contribution in [2.75, 3.05) is 26.2 Å². The number of hydrogen-bond acceptors (Lipinski definition) is 5. The highest BCUT2D eigenvalue weighted by Crippen LogP contribution is 2.24. The molecule has 2 aromatic heterocycles. The third kappa shape index (κ3) is 4.57. The molecule has 1 fully saturated rings. The number of carbonyl (C=O) groups excluding carboxylic acids is 1. The molecule has 0 aliphatic carbocycles. The van der Waals surface area contributed by atoms with Gasteiger partial charge in [0.2, 0.25) is 0 Å². The average molecular weight is 409 g/mol. The van der Waals surface area contributed by atoms with Gasteiger partial charge in [-0.05, 0) is 37.1 Å². The van der Waals surface area contributed by atoms with E-state index in [9.17, 15) is 4.79 Å². The lowest BCUT2D eigenvalue weighted by Gasteiger charge is -2.34. The van der Waals surface area contributed by atoms with Crippen LogP contribution in [-0.2, 0) is 20.2 Å². The van der Waals surface area contributed by atoms with Crippen LogP contribution < -0.4 is 4.74 Å². The summed E-state index contributed by atoms with van der Waals surface area (Å²) in [7, 11) is 1.92. The van der Waals surface area contributed by atoms with Crippen LogP contribution in [0.4, 0.5) is 0 Å². The lowest BCUT2D eigenvalue weighted by atomic mass is 10.1. The van der Waals surface area contributed by atoms with Gasteiger partial charge in [-0.3, -0.25) is 14.4 Å². The molecule has 0 saturated carbocycles. The first kappa shape index (κ1) is 20.2. The van der Waals surface area contributed by atoms with Crippen molar-refractivity contribution in [1.29, 1.82) is 0 Å². The van der Waals surface area contributed by atoms with E-state index >= 15 is 0 Å². The summed E-state index contributed by atoms with van der Waals surface area (Å²) in [6.45, 7) is 8.25. The van der Waals surface area contributed by atoms with Gasteiger partial charge < -0.3 is 14.1 Å². The number of carbonyl (C=O) groups is 1. The van der Waals surface area contributed by atoms with Gasteiger partial charge in [-0.15, -0.1) is 0 Å². The van der Waals surface area contributed by atoms with Crippen molar-refractivity contribution >= 4 is 5.91 Å². The van der Waals surface area contributed by atoms with Crippen LogP contribution in [0.1, 0.15) is 33.0 Å². The summed E-state index contributed by atoms with van der Waals surface area (Å²) in [5, 5.41) is 4.21. The second-order valence-electron chi connectivity index (χ2n) is 7.87. The number of amides is 1. The van der Waals surface area contributed by atoms with Crippen LogP contribution in [0.2, 0.25) is 0 Å². The topological polar surface area (TPSA) is 63.7 Å². The Morgan fingerprint density at radius 1 is 1.10 bits per heavy atom. The molecule has 0 spiro atoms. The van der Waals surface area contributed by atoms with Gasteiger partial charge in [0, 0.05) is 51.5 Å². The number of piperazine rings is 1. The van der Waals surface area contributed by atoms with Gasteiger partial charge in [0.05, 0.1) is 6.20 Å². The van der Waals surface area contributed by atoms with Crippen molar-refractivity contribution < 1.29 is 13.9 Å². The largest absolute Gasteiger partial charge is 0.485 e. The lowest BCUT2D eigenvalue weighted by molar-refractivity contribution is 0.0594. The zero-order chi connectivity index (χ0) is 21.1. The maximum Gasteiger partial charge on any atom is 0.289 e. The first-order chi connectivity index (χ1) is 14.5. The lowest BCUT2D eigenvalue weighted by Crippen LogP contribution is -2.48. The summed E-state index contributed by atoms with van der Waals surface area (Å²) >= 11 is 0. The van der Waals surface area contributed by atoms with E-state index in [1.165, 1.54) is 5.56 Å². The Morgan fingerprint density at radius 3 is 2.50 bits per heavy atom. The number of furan rings is 1. The molecule has 0 radical (unpaired) electrons. The number of ether oxygens (including phenoxy) is 1. The molecule has 0 unspecified atom stereocenters. The number of nitrogens with zero attached hydrogens (tertiary/aromatic N) is 4. The predicted molar refractivity (Wildman–Crippen MR) is 113 cm³/mol. The van der Waals surface area contributed by atoms with Gasteiger partial charge in [0.15, 0.2) is 5.76 Å². The minimum atomic E-state index is -0.0608. The summed E-state index contributed by atoms with van der Waals surface area (Å²) in [5.74, 6) is 1.83. The molecule has 7 heteroatoms. The maximum absolute atomic E-state index is 12.8. The van der Waals surface area contributed by atoms with Crippen LogP contribution in [0.25, 0.3) is 0 Å². The summed E-state index contributed by atoms with van der Waals surface area (Å²) < 4.78 is 13.5. The van der Waals surface area contributed by atoms with Crippen molar-refractivity contribution in [2.45, 2.75) is 27.0 Å². The fourth-order valence-corrected chi connectivity index (χ4v) is 3.82. The highest BCUT2D eigenvalue weighted by molar-refractivity contribution is 5.91. The summed E-state index contributed by atoms with van der Waals surface area (Å²) in [6, 6.07) is 9.62. The van der Waals surface area contributed by atoms with Gasteiger partial charge in [-0.25, -0.2) is 0 Å². The Morgan fingerprint density at radius 2 is 1.83 bits per heavy atom. The van der Waals surface area contributed by atoms with E-state index in [1.54, 1.807) is 6.07 Å². The quantitative estimate of drug-likeness (QED) is 0.627. The van der Waals surface area contributed by atoms with E-state index in [0.29, 0.717) is 31.2 Å². The van der Waals surface area contributed by atoms with Crippen molar-refractivity contribution in [1.82, 2.24) is 19.6 Å². The van der Waals surface area contributed by atoms with Crippen molar-refractivity contribution in [2.24, 2.45) is 7.05 Å². The second kappa shape index (κ2) is 8.75. The first-order valence-corrected chi connectivity index (χ1v) is 10.3. The standard InChI is InChI=1S/C23H28N4O3/c1-17-5-4-6-18(2)22(17)29-16-20-7-8-21(30-20)23(28)27-11-9-26(10-12-27)15-19-13-24-25(3)14-19/h4-8,13-14H,9-12,15-16H2,1-3H3. The van der Waals surface area contributed by atoms with Crippen molar-refractivity contribution in [3.63, 3.8) is 0 Å². The van der Waals surface area contributed by atoms with E-state index in [1.807, 2.05) is 67.1 Å². The van der Waals surface area contributed by atoms with Gasteiger partial charge >= 0.3 is 0 Å². The Balaban J connectivity index is 1.30. The number of benzene rings is 1. The molecule has 1 saturated heterocycles. The highest BCUT2D eigenvalue weighted by Gasteiger charge is 2.24. The van der Waals surface area contributed by atoms with Crippen LogP contribution in [0.15, 0.2) is 47.1 Å². The van der Waals surface area contributed by atoms with E-state index in [2.05, 4.69) is 10.00 Å².